The highest BCUT2D eigenvalue weighted by Gasteiger charge is 2.45. The number of nitrogens with zero attached hydrogens (tertiary/aromatic N) is 2. The first kappa shape index (κ1) is 44.9. The molecule has 63 heavy (non-hydrogen) atoms. The van der Waals surface area contributed by atoms with Crippen LogP contribution in [0, 0.1) is 0 Å². The van der Waals surface area contributed by atoms with Gasteiger partial charge in [-0.3, -0.25) is 19.2 Å². The van der Waals surface area contributed by atoms with Gasteiger partial charge in [-0.2, -0.15) is 4.58 Å². The summed E-state index contributed by atoms with van der Waals surface area (Å²) >= 11 is 0. The van der Waals surface area contributed by atoms with Crippen molar-refractivity contribution in [3.63, 3.8) is 0 Å². The minimum absolute atomic E-state index is 0.191. The Bertz CT molecular complexity index is 2630. The minimum Gasteiger partial charge on any atom is -0.481 e. The van der Waals surface area contributed by atoms with Gasteiger partial charge in [-0.05, 0) is 74.9 Å². The number of rotatable bonds is 16. The fourth-order valence-electron chi connectivity index (χ4n) is 7.96. The highest BCUT2D eigenvalue weighted by Crippen LogP contribution is 2.51. The monoisotopic (exact) mass is 849 g/mol. The van der Waals surface area contributed by atoms with E-state index in [4.69, 9.17) is 10.2 Å². The van der Waals surface area contributed by atoms with Crippen LogP contribution in [0.15, 0.2) is 145 Å². The number of amides is 2. The molecule has 0 saturated heterocycles. The van der Waals surface area contributed by atoms with Crippen molar-refractivity contribution in [2.75, 3.05) is 4.90 Å². The molecule has 0 saturated carbocycles. The Morgan fingerprint density at radius 2 is 1.30 bits per heavy atom. The number of para-hydroxylation sites is 2. The lowest BCUT2D eigenvalue weighted by Crippen LogP contribution is -2.42. The van der Waals surface area contributed by atoms with Crippen LogP contribution >= 0.6 is 0 Å². The number of nitrogens with one attached hydrogen (secondary N) is 2. The Labute approximate surface area is 365 Å². The van der Waals surface area contributed by atoms with Crippen LogP contribution in [0.2, 0.25) is 0 Å². The number of fused-ring (bicyclic) bond motifs is 2. The van der Waals surface area contributed by atoms with Gasteiger partial charge < -0.3 is 35.6 Å². The Morgan fingerprint density at radius 1 is 0.714 bits per heavy atom. The molecule has 0 aromatic heterocycles. The number of allylic oxidation sites excluding steroid dienone is 8. The number of hydrogen-bond acceptors (Lipinski definition) is 7. The summed E-state index contributed by atoms with van der Waals surface area (Å²) in [4.78, 5) is 73.0. The molecule has 5 N–H and O–H groups in total. The molecule has 2 aliphatic rings. The fraction of sp³-hybridized carbons (Fsp3) is 0.220. The predicted molar refractivity (Wildman–Crippen MR) is 241 cm³/mol. The molecule has 6 rings (SSSR count). The van der Waals surface area contributed by atoms with Crippen LogP contribution in [-0.4, -0.2) is 69.1 Å². The zero-order chi connectivity index (χ0) is 45.6. The number of benzene rings is 4. The van der Waals surface area contributed by atoms with Crippen LogP contribution in [0.3, 0.4) is 0 Å². The number of carbonyl (C=O) groups is 6. The number of aldehydes is 1. The van der Waals surface area contributed by atoms with E-state index < -0.39 is 60.1 Å². The van der Waals surface area contributed by atoms with Crippen LogP contribution in [0.25, 0.3) is 0 Å². The lowest BCUT2D eigenvalue weighted by Gasteiger charge is -2.27. The molecular weight excluding hydrogens is 801 g/mol. The number of carboxylic acids is 3. The van der Waals surface area contributed by atoms with Crippen LogP contribution in [0.4, 0.5) is 22.7 Å². The summed E-state index contributed by atoms with van der Waals surface area (Å²) in [6.45, 7) is 10.6. The molecule has 2 amide bonds. The second-order valence-electron chi connectivity index (χ2n) is 16.4. The maximum absolute atomic E-state index is 12.9. The largest absolute Gasteiger partial charge is 0.481 e. The molecule has 0 bridgehead atoms. The van der Waals surface area contributed by atoms with Crippen LogP contribution in [-0.2, 0) is 30.0 Å². The molecule has 0 radical (unpaired) electrons. The first-order valence-electron chi connectivity index (χ1n) is 20.3. The first-order valence-corrected chi connectivity index (χ1v) is 20.3. The quantitative estimate of drug-likeness (QED) is 0.0423. The fourth-order valence-corrected chi connectivity index (χ4v) is 7.96. The van der Waals surface area contributed by atoms with Crippen molar-refractivity contribution in [3.8, 4) is 0 Å². The standard InChI is InChI=1S/C50H48N4O9/c1-31(12-10-18-42-49(2,3)37-14-6-8-16-40(37)53(42)35-24-20-32(21-25-35)46(60)51-34(30-55)28-44(56)57)13-11-19-43-50(4,5)38-15-7-9-17-41(38)54(43)36-26-22-33(23-27-36)47(61)52-39(48(62)63)29-45(58)59/h6-27,30,34,39H,28-29H2,1-5H3,(H4-,51,52,56,57,58,59,60,61,62,63)/p+1. The Morgan fingerprint density at radius 3 is 1.92 bits per heavy atom. The summed E-state index contributed by atoms with van der Waals surface area (Å²) in [5, 5.41) is 32.3. The molecule has 0 aliphatic carbocycles. The van der Waals surface area contributed by atoms with Crippen LogP contribution in [0.1, 0.15) is 79.3 Å². The summed E-state index contributed by atoms with van der Waals surface area (Å²) in [6, 6.07) is 27.2. The maximum Gasteiger partial charge on any atom is 0.326 e. The van der Waals surface area contributed by atoms with Gasteiger partial charge in [0.05, 0.1) is 24.3 Å². The number of carboxylic acid groups (broad SMARTS) is 3. The molecule has 2 unspecified atom stereocenters. The molecule has 2 aliphatic heterocycles. The summed E-state index contributed by atoms with van der Waals surface area (Å²) in [7, 11) is 0. The van der Waals surface area contributed by atoms with E-state index in [0.29, 0.717) is 11.8 Å². The average Bonchev–Trinajstić information content (AvgIpc) is 3.61. The van der Waals surface area contributed by atoms with Crippen LogP contribution < -0.4 is 20.1 Å². The van der Waals surface area contributed by atoms with E-state index in [1.54, 1.807) is 36.4 Å². The molecule has 322 valence electrons. The second-order valence-corrected chi connectivity index (χ2v) is 16.4. The maximum atomic E-state index is 12.9. The minimum atomic E-state index is -1.57. The van der Waals surface area contributed by atoms with Gasteiger partial charge in [-0.15, -0.1) is 0 Å². The van der Waals surface area contributed by atoms with Gasteiger partial charge in [0.2, 0.25) is 11.4 Å². The Balaban J connectivity index is 1.26. The Kier molecular flexibility index (Phi) is 13.2. The van der Waals surface area contributed by atoms with E-state index in [9.17, 15) is 33.9 Å². The van der Waals surface area contributed by atoms with E-state index in [2.05, 4.69) is 78.2 Å². The van der Waals surface area contributed by atoms with Crippen molar-refractivity contribution < 1.29 is 44.1 Å². The number of aliphatic carboxylic acids is 3. The Hall–Kier alpha value is -7.67. The zero-order valence-corrected chi connectivity index (χ0v) is 35.5. The normalized spacial score (nSPS) is 16.7. The molecule has 4 aromatic rings. The first-order chi connectivity index (χ1) is 29.9. The van der Waals surface area contributed by atoms with Gasteiger partial charge >= 0.3 is 17.9 Å². The third-order valence-corrected chi connectivity index (χ3v) is 11.3. The van der Waals surface area contributed by atoms with Crippen molar-refractivity contribution in [1.29, 1.82) is 0 Å². The van der Waals surface area contributed by atoms with Gasteiger partial charge in [0.1, 0.15) is 12.3 Å². The van der Waals surface area contributed by atoms with E-state index in [1.165, 1.54) is 0 Å². The topological polar surface area (TPSA) is 193 Å². The number of carbonyl (C=O) groups excluding carboxylic acids is 3. The van der Waals surface area contributed by atoms with Crippen molar-refractivity contribution in [1.82, 2.24) is 15.2 Å². The molecule has 0 spiro atoms. The van der Waals surface area contributed by atoms with Crippen LogP contribution in [0.5, 0.6) is 0 Å². The highest BCUT2D eigenvalue weighted by atomic mass is 16.4. The summed E-state index contributed by atoms with van der Waals surface area (Å²) in [6.07, 6.45) is 11.3. The third kappa shape index (κ3) is 9.62. The van der Waals surface area contributed by atoms with Crippen molar-refractivity contribution in [2.24, 2.45) is 0 Å². The summed E-state index contributed by atoms with van der Waals surface area (Å²) in [5.74, 6) is -5.20. The average molecular weight is 850 g/mol. The second kappa shape index (κ2) is 18.5. The van der Waals surface area contributed by atoms with Gasteiger partial charge in [0.15, 0.2) is 5.71 Å². The van der Waals surface area contributed by atoms with Gasteiger partial charge in [0, 0.05) is 63.5 Å². The smallest absolute Gasteiger partial charge is 0.326 e. The van der Waals surface area contributed by atoms with Gasteiger partial charge in [-0.1, -0.05) is 80.1 Å². The zero-order valence-electron chi connectivity index (χ0n) is 35.5. The molecule has 4 aromatic carbocycles. The lowest BCUT2D eigenvalue weighted by atomic mass is 9.81. The molecule has 2 heterocycles. The van der Waals surface area contributed by atoms with Crippen molar-refractivity contribution in [2.45, 2.75) is 70.4 Å². The third-order valence-electron chi connectivity index (χ3n) is 11.3. The predicted octanol–water partition coefficient (Wildman–Crippen LogP) is 7.76. The summed E-state index contributed by atoms with van der Waals surface area (Å²) < 4.78 is 2.12. The van der Waals surface area contributed by atoms with Crippen molar-refractivity contribution >= 4 is 64.5 Å². The number of hydrogen-bond donors (Lipinski definition) is 5. The van der Waals surface area contributed by atoms with E-state index in [1.807, 2.05) is 73.7 Å². The number of anilines is 2. The molecule has 2 atom stereocenters. The van der Waals surface area contributed by atoms with E-state index in [-0.39, 0.29) is 11.0 Å². The van der Waals surface area contributed by atoms with E-state index in [0.717, 1.165) is 50.9 Å². The highest BCUT2D eigenvalue weighted by molar-refractivity contribution is 6.10. The molecule has 13 nitrogen and oxygen atoms in total. The lowest BCUT2D eigenvalue weighted by molar-refractivity contribution is -0.145. The molecule has 0 fully saturated rings. The molecule has 13 heteroatoms. The van der Waals surface area contributed by atoms with Gasteiger partial charge in [-0.25, -0.2) is 4.79 Å². The summed E-state index contributed by atoms with van der Waals surface area (Å²) in [5.41, 5.74) is 8.49. The van der Waals surface area contributed by atoms with E-state index >= 15 is 0 Å². The van der Waals surface area contributed by atoms with Crippen molar-refractivity contribution in [3.05, 3.63) is 167 Å². The molecular formula is C50H49N4O9+. The SMILES string of the molecule is CC(/C=C/C=C1/N(c2ccc(C(=O)NC(C=O)CC(=O)O)cc2)c2ccccc2C1(C)C)=C\C=C\C1=[N+](c2ccc(C(=O)NC(CC(=O)O)C(=O)O)cc2)c2ccccc2C1(C)C. The van der Waals surface area contributed by atoms with Gasteiger partial charge in [0.25, 0.3) is 11.8 Å².